The van der Waals surface area contributed by atoms with Crippen LogP contribution in [0, 0.1) is 0 Å². The van der Waals surface area contributed by atoms with Crippen molar-refractivity contribution in [1.29, 1.82) is 0 Å². The third kappa shape index (κ3) is 4.64. The molecule has 10 rings (SSSR count). The molecule has 8 aromatic rings. The molecule has 53 heavy (non-hydrogen) atoms. The normalized spacial score (nSPS) is 14.2. The second-order valence-electron chi connectivity index (χ2n) is 14.9. The Labute approximate surface area is 312 Å². The van der Waals surface area contributed by atoms with Gasteiger partial charge >= 0.3 is 0 Å². The van der Waals surface area contributed by atoms with E-state index in [1.165, 1.54) is 72.4 Å². The van der Waals surface area contributed by atoms with Gasteiger partial charge in [-0.15, -0.1) is 0 Å². The first-order valence-corrected chi connectivity index (χ1v) is 18.6. The molecule has 0 aromatic heterocycles. The molecule has 0 fully saturated rings. The minimum Gasteiger partial charge on any atom is -0.310 e. The van der Waals surface area contributed by atoms with E-state index in [9.17, 15) is 0 Å². The molecule has 0 saturated carbocycles. The minimum atomic E-state index is -0.477. The highest BCUT2D eigenvalue weighted by atomic mass is 15.1. The molecule has 1 heteroatoms. The van der Waals surface area contributed by atoms with Gasteiger partial charge in [-0.1, -0.05) is 184 Å². The van der Waals surface area contributed by atoms with E-state index in [1.807, 2.05) is 0 Å². The summed E-state index contributed by atoms with van der Waals surface area (Å²) in [6.07, 6.45) is 0. The van der Waals surface area contributed by atoms with Gasteiger partial charge in [0.2, 0.25) is 0 Å². The van der Waals surface area contributed by atoms with Crippen LogP contribution in [0.1, 0.15) is 47.2 Å². The number of hydrogen-bond acceptors (Lipinski definition) is 1. The van der Waals surface area contributed by atoms with Crippen LogP contribution in [-0.4, -0.2) is 0 Å². The molecule has 0 saturated heterocycles. The monoisotopic (exact) mass is 677 g/mol. The second kappa shape index (κ2) is 12.1. The molecule has 0 radical (unpaired) electrons. The maximum atomic E-state index is 2.50. The van der Waals surface area contributed by atoms with Crippen molar-refractivity contribution in [2.45, 2.75) is 24.7 Å². The van der Waals surface area contributed by atoms with E-state index in [1.54, 1.807) is 0 Å². The van der Waals surface area contributed by atoms with E-state index in [0.29, 0.717) is 0 Å². The quantitative estimate of drug-likeness (QED) is 0.169. The maximum absolute atomic E-state index is 2.50. The van der Waals surface area contributed by atoms with Crippen molar-refractivity contribution in [3.63, 3.8) is 0 Å². The molecule has 0 aliphatic heterocycles. The SMILES string of the molecule is CC1(C)c2ccccc2-c2ccc(N(c3ccc(-c4ccccc4)cc3)c3cccc4c3-c3ccccc3C4(c3ccccc3)c3ccccc3)cc21. The van der Waals surface area contributed by atoms with Crippen molar-refractivity contribution >= 4 is 17.1 Å². The van der Waals surface area contributed by atoms with Gasteiger partial charge in [0.25, 0.3) is 0 Å². The predicted molar refractivity (Wildman–Crippen MR) is 221 cm³/mol. The summed E-state index contributed by atoms with van der Waals surface area (Å²) in [5, 5.41) is 0. The lowest BCUT2D eigenvalue weighted by molar-refractivity contribution is 0.660. The predicted octanol–water partition coefficient (Wildman–Crippen LogP) is 13.5. The molecule has 0 spiro atoms. The number of fused-ring (bicyclic) bond motifs is 6. The highest BCUT2D eigenvalue weighted by Crippen LogP contribution is 2.60. The molecule has 0 unspecified atom stereocenters. The summed E-state index contributed by atoms with van der Waals surface area (Å²) in [5.74, 6) is 0. The van der Waals surface area contributed by atoms with Gasteiger partial charge in [-0.3, -0.25) is 0 Å². The van der Waals surface area contributed by atoms with Crippen molar-refractivity contribution in [3.05, 3.63) is 234 Å². The summed E-state index contributed by atoms with van der Waals surface area (Å²) in [7, 11) is 0. The Bertz CT molecular complexity index is 2580. The number of benzene rings is 8. The Hall–Kier alpha value is -6.44. The van der Waals surface area contributed by atoms with Gasteiger partial charge in [-0.05, 0) is 91.5 Å². The molecule has 0 atom stereocenters. The van der Waals surface area contributed by atoms with Crippen LogP contribution in [0.3, 0.4) is 0 Å². The molecular formula is C52H39N. The zero-order valence-corrected chi connectivity index (χ0v) is 30.0. The van der Waals surface area contributed by atoms with Crippen LogP contribution in [0.15, 0.2) is 200 Å². The number of rotatable bonds is 6. The molecule has 0 bridgehead atoms. The third-order valence-corrected chi connectivity index (χ3v) is 11.8. The van der Waals surface area contributed by atoms with Gasteiger partial charge in [0.1, 0.15) is 0 Å². The highest BCUT2D eigenvalue weighted by molar-refractivity contribution is 5.98. The fraction of sp³-hybridized carbons (Fsp3) is 0.0769. The fourth-order valence-corrected chi connectivity index (χ4v) is 9.35. The molecule has 8 aromatic carbocycles. The lowest BCUT2D eigenvalue weighted by Gasteiger charge is -2.34. The lowest BCUT2D eigenvalue weighted by Crippen LogP contribution is -2.28. The van der Waals surface area contributed by atoms with Crippen LogP contribution in [-0.2, 0) is 10.8 Å². The maximum Gasteiger partial charge on any atom is 0.0714 e. The Morgan fingerprint density at radius 1 is 0.358 bits per heavy atom. The molecule has 2 aliphatic carbocycles. The summed E-state index contributed by atoms with van der Waals surface area (Å²) in [5.41, 5.74) is 18.4. The van der Waals surface area contributed by atoms with Gasteiger partial charge < -0.3 is 4.90 Å². The molecule has 252 valence electrons. The van der Waals surface area contributed by atoms with Crippen molar-refractivity contribution in [1.82, 2.24) is 0 Å². The largest absolute Gasteiger partial charge is 0.310 e. The zero-order chi connectivity index (χ0) is 35.6. The van der Waals surface area contributed by atoms with Crippen LogP contribution in [0.2, 0.25) is 0 Å². The molecule has 2 aliphatic rings. The van der Waals surface area contributed by atoms with Crippen LogP contribution >= 0.6 is 0 Å². The van der Waals surface area contributed by atoms with E-state index in [2.05, 4.69) is 219 Å². The molecule has 0 N–H and O–H groups in total. The summed E-state index contributed by atoms with van der Waals surface area (Å²) in [4.78, 5) is 2.50. The first-order chi connectivity index (χ1) is 26.1. The van der Waals surface area contributed by atoms with E-state index in [0.717, 1.165) is 11.4 Å². The topological polar surface area (TPSA) is 3.24 Å². The molecule has 0 amide bonds. The van der Waals surface area contributed by atoms with E-state index < -0.39 is 5.41 Å². The summed E-state index contributed by atoms with van der Waals surface area (Å²) >= 11 is 0. The van der Waals surface area contributed by atoms with Gasteiger partial charge in [0.05, 0.1) is 11.1 Å². The third-order valence-electron chi connectivity index (χ3n) is 11.8. The smallest absolute Gasteiger partial charge is 0.0714 e. The average Bonchev–Trinajstić information content (AvgIpc) is 3.66. The average molecular weight is 678 g/mol. The standard InChI is InChI=1S/C52H39N/c1-51(2)45-25-14-12-23-42(45)43-34-33-41(35-48(43)51)53(40-31-29-37(30-32-40)36-17-6-3-7-18-36)49-28-16-27-47-50(49)44-24-13-15-26-46(44)52(47,38-19-8-4-9-20-38)39-21-10-5-11-22-39/h3-35H,1-2H3. The first-order valence-electron chi connectivity index (χ1n) is 18.6. The van der Waals surface area contributed by atoms with E-state index >= 15 is 0 Å². The lowest BCUT2D eigenvalue weighted by atomic mass is 9.68. The molecule has 1 nitrogen and oxygen atoms in total. The Balaban J connectivity index is 1.25. The molecule has 0 heterocycles. The van der Waals surface area contributed by atoms with Crippen LogP contribution < -0.4 is 4.90 Å². The first kappa shape index (κ1) is 31.3. The van der Waals surface area contributed by atoms with Crippen LogP contribution in [0.5, 0.6) is 0 Å². The number of anilines is 3. The summed E-state index contributed by atoms with van der Waals surface area (Å²) < 4.78 is 0. The minimum absolute atomic E-state index is 0.119. The number of hydrogen-bond donors (Lipinski definition) is 0. The summed E-state index contributed by atoms with van der Waals surface area (Å²) in [6, 6.07) is 73.9. The summed E-state index contributed by atoms with van der Waals surface area (Å²) in [6.45, 7) is 4.73. The fourth-order valence-electron chi connectivity index (χ4n) is 9.35. The second-order valence-corrected chi connectivity index (χ2v) is 14.9. The van der Waals surface area contributed by atoms with Crippen molar-refractivity contribution < 1.29 is 0 Å². The van der Waals surface area contributed by atoms with E-state index in [4.69, 9.17) is 0 Å². The highest BCUT2D eigenvalue weighted by Gasteiger charge is 2.47. The zero-order valence-electron chi connectivity index (χ0n) is 30.0. The van der Waals surface area contributed by atoms with Gasteiger partial charge in [-0.25, -0.2) is 0 Å². The van der Waals surface area contributed by atoms with Crippen molar-refractivity contribution in [2.75, 3.05) is 4.90 Å². The Morgan fingerprint density at radius 2 is 0.868 bits per heavy atom. The number of nitrogens with zero attached hydrogens (tertiary/aromatic N) is 1. The van der Waals surface area contributed by atoms with Gasteiger partial charge in [0.15, 0.2) is 0 Å². The van der Waals surface area contributed by atoms with Crippen molar-refractivity contribution in [3.8, 4) is 33.4 Å². The van der Waals surface area contributed by atoms with Crippen LogP contribution in [0.4, 0.5) is 17.1 Å². The Morgan fingerprint density at radius 3 is 1.55 bits per heavy atom. The van der Waals surface area contributed by atoms with Crippen LogP contribution in [0.25, 0.3) is 33.4 Å². The Kier molecular flexibility index (Phi) is 7.13. The molecular weight excluding hydrogens is 639 g/mol. The van der Waals surface area contributed by atoms with Gasteiger partial charge in [0, 0.05) is 22.4 Å². The van der Waals surface area contributed by atoms with Crippen molar-refractivity contribution in [2.24, 2.45) is 0 Å². The van der Waals surface area contributed by atoms with Gasteiger partial charge in [-0.2, -0.15) is 0 Å². The van der Waals surface area contributed by atoms with E-state index in [-0.39, 0.29) is 5.41 Å².